The van der Waals surface area contributed by atoms with Gasteiger partial charge in [0.2, 0.25) is 10.0 Å². The van der Waals surface area contributed by atoms with Crippen LogP contribution in [0.5, 0.6) is 0 Å². The highest BCUT2D eigenvalue weighted by atomic mass is 32.2. The second-order valence-electron chi connectivity index (χ2n) is 4.01. The SMILES string of the molecule is CCc1nn(C)cc1CNc1ncc(S(N)(=O)=O)s1. The maximum Gasteiger partial charge on any atom is 0.249 e. The Hall–Kier alpha value is -1.45. The molecule has 2 aromatic heterocycles. The fraction of sp³-hybridized carbons (Fsp3) is 0.400. The highest BCUT2D eigenvalue weighted by Crippen LogP contribution is 2.22. The zero-order chi connectivity index (χ0) is 14.0. The van der Waals surface area contributed by atoms with Crippen LogP contribution in [0.4, 0.5) is 5.13 Å². The predicted octanol–water partition coefficient (Wildman–Crippen LogP) is 0.699. The predicted molar refractivity (Wildman–Crippen MR) is 73.4 cm³/mol. The van der Waals surface area contributed by atoms with Crippen LogP contribution in [0.25, 0.3) is 0 Å². The van der Waals surface area contributed by atoms with Crippen molar-refractivity contribution in [2.45, 2.75) is 24.1 Å². The van der Waals surface area contributed by atoms with Gasteiger partial charge in [-0.15, -0.1) is 0 Å². The van der Waals surface area contributed by atoms with E-state index < -0.39 is 10.0 Å². The molecule has 2 heterocycles. The van der Waals surface area contributed by atoms with Crippen molar-refractivity contribution in [3.63, 3.8) is 0 Å². The molecule has 19 heavy (non-hydrogen) atoms. The maximum atomic E-state index is 11.1. The number of nitrogens with zero attached hydrogens (tertiary/aromatic N) is 3. The van der Waals surface area contributed by atoms with Crippen LogP contribution < -0.4 is 10.5 Å². The number of hydrogen-bond acceptors (Lipinski definition) is 6. The van der Waals surface area contributed by atoms with E-state index in [-0.39, 0.29) is 4.21 Å². The van der Waals surface area contributed by atoms with E-state index in [0.717, 1.165) is 29.0 Å². The summed E-state index contributed by atoms with van der Waals surface area (Å²) in [4.78, 5) is 3.98. The lowest BCUT2D eigenvalue weighted by atomic mass is 10.2. The molecule has 2 aromatic rings. The van der Waals surface area contributed by atoms with Gasteiger partial charge in [0.1, 0.15) is 0 Å². The molecule has 9 heteroatoms. The van der Waals surface area contributed by atoms with Crippen LogP contribution in [-0.4, -0.2) is 23.2 Å². The van der Waals surface area contributed by atoms with Gasteiger partial charge in [0, 0.05) is 25.4 Å². The Bertz CT molecular complexity index is 674. The van der Waals surface area contributed by atoms with E-state index in [0.29, 0.717) is 11.7 Å². The largest absolute Gasteiger partial charge is 0.357 e. The number of sulfonamides is 1. The molecule has 0 aliphatic heterocycles. The van der Waals surface area contributed by atoms with Gasteiger partial charge in [0.25, 0.3) is 0 Å². The molecule has 0 radical (unpaired) electrons. The molecule has 0 fully saturated rings. The molecule has 0 unspecified atom stereocenters. The van der Waals surface area contributed by atoms with Gasteiger partial charge >= 0.3 is 0 Å². The summed E-state index contributed by atoms with van der Waals surface area (Å²) in [6, 6.07) is 0. The molecule has 0 aliphatic rings. The minimum atomic E-state index is -3.67. The van der Waals surface area contributed by atoms with E-state index in [4.69, 9.17) is 5.14 Å². The van der Waals surface area contributed by atoms with Gasteiger partial charge in [0.15, 0.2) is 9.34 Å². The summed E-state index contributed by atoms with van der Waals surface area (Å²) in [6.07, 6.45) is 4.03. The zero-order valence-electron chi connectivity index (χ0n) is 10.6. The van der Waals surface area contributed by atoms with Crippen molar-refractivity contribution in [2.75, 3.05) is 5.32 Å². The van der Waals surface area contributed by atoms with E-state index in [1.165, 1.54) is 6.20 Å². The number of rotatable bonds is 5. The molecular formula is C10H15N5O2S2. The molecule has 0 saturated heterocycles. The van der Waals surface area contributed by atoms with Crippen LogP contribution in [0, 0.1) is 0 Å². The summed E-state index contributed by atoms with van der Waals surface area (Å²) < 4.78 is 24.1. The standard InChI is InChI=1S/C10H15N5O2S2/c1-3-8-7(6-15(2)14-8)4-12-10-13-5-9(18-10)19(11,16)17/h5-6H,3-4H2,1-2H3,(H,12,13)(H2,11,16,17). The molecule has 2 rings (SSSR count). The van der Waals surface area contributed by atoms with Gasteiger partial charge in [-0.1, -0.05) is 18.3 Å². The summed E-state index contributed by atoms with van der Waals surface area (Å²) >= 11 is 1.02. The van der Waals surface area contributed by atoms with E-state index in [9.17, 15) is 8.42 Å². The third kappa shape index (κ3) is 3.31. The number of aryl methyl sites for hydroxylation is 2. The van der Waals surface area contributed by atoms with Crippen molar-refractivity contribution in [2.24, 2.45) is 12.2 Å². The number of nitrogens with one attached hydrogen (secondary N) is 1. The van der Waals surface area contributed by atoms with Gasteiger partial charge in [0.05, 0.1) is 11.9 Å². The first-order chi connectivity index (χ1) is 8.90. The van der Waals surface area contributed by atoms with Gasteiger partial charge < -0.3 is 5.32 Å². The van der Waals surface area contributed by atoms with Crippen LogP contribution in [0.2, 0.25) is 0 Å². The average Bonchev–Trinajstić information content (AvgIpc) is 2.91. The summed E-state index contributed by atoms with van der Waals surface area (Å²) in [7, 11) is -1.81. The van der Waals surface area contributed by atoms with Crippen molar-refractivity contribution < 1.29 is 8.42 Å². The minimum absolute atomic E-state index is 0.0527. The molecule has 7 nitrogen and oxygen atoms in total. The van der Waals surface area contributed by atoms with Crippen molar-refractivity contribution in [3.8, 4) is 0 Å². The van der Waals surface area contributed by atoms with Crippen LogP contribution in [-0.2, 0) is 30.0 Å². The summed E-state index contributed by atoms with van der Waals surface area (Å²) in [6.45, 7) is 2.59. The molecule has 0 aromatic carbocycles. The average molecular weight is 301 g/mol. The molecular weight excluding hydrogens is 286 g/mol. The van der Waals surface area contributed by atoms with Gasteiger partial charge in [-0.2, -0.15) is 5.10 Å². The molecule has 0 atom stereocenters. The number of anilines is 1. The van der Waals surface area contributed by atoms with Crippen LogP contribution in [0.1, 0.15) is 18.2 Å². The lowest BCUT2D eigenvalue weighted by molar-refractivity contribution is 0.599. The fourth-order valence-corrected chi connectivity index (χ4v) is 3.12. The smallest absolute Gasteiger partial charge is 0.249 e. The Labute approximate surface area is 115 Å². The van der Waals surface area contributed by atoms with E-state index in [1.54, 1.807) is 4.68 Å². The zero-order valence-corrected chi connectivity index (χ0v) is 12.3. The van der Waals surface area contributed by atoms with Gasteiger partial charge in [-0.05, 0) is 6.42 Å². The fourth-order valence-electron chi connectivity index (χ4n) is 1.67. The number of hydrogen-bond donors (Lipinski definition) is 2. The highest BCUT2D eigenvalue weighted by molar-refractivity contribution is 7.91. The van der Waals surface area contributed by atoms with Gasteiger partial charge in [-0.3, -0.25) is 4.68 Å². The van der Waals surface area contributed by atoms with Crippen molar-refractivity contribution in [3.05, 3.63) is 23.7 Å². The van der Waals surface area contributed by atoms with Crippen LogP contribution in [0.3, 0.4) is 0 Å². The first-order valence-corrected chi connectivity index (χ1v) is 8.00. The first-order valence-electron chi connectivity index (χ1n) is 5.64. The Balaban J connectivity index is 2.08. The Morgan fingerprint density at radius 1 is 1.53 bits per heavy atom. The summed E-state index contributed by atoms with van der Waals surface area (Å²) in [5.41, 5.74) is 2.08. The second kappa shape index (κ2) is 5.27. The van der Waals surface area contributed by atoms with E-state index >= 15 is 0 Å². The lowest BCUT2D eigenvalue weighted by Crippen LogP contribution is -2.09. The molecule has 3 N–H and O–H groups in total. The van der Waals surface area contributed by atoms with Gasteiger partial charge in [-0.25, -0.2) is 18.5 Å². The Morgan fingerprint density at radius 3 is 2.84 bits per heavy atom. The number of aromatic nitrogens is 3. The van der Waals surface area contributed by atoms with E-state index in [1.807, 2.05) is 20.2 Å². The lowest BCUT2D eigenvalue weighted by Gasteiger charge is -2.01. The number of primary sulfonamides is 1. The molecule has 0 amide bonds. The molecule has 0 bridgehead atoms. The topological polar surface area (TPSA) is 103 Å². The van der Waals surface area contributed by atoms with Crippen LogP contribution in [0.15, 0.2) is 16.6 Å². The number of thiazole rings is 1. The van der Waals surface area contributed by atoms with Crippen molar-refractivity contribution >= 4 is 26.5 Å². The third-order valence-corrected chi connectivity index (χ3v) is 4.88. The second-order valence-corrected chi connectivity index (χ2v) is 6.83. The third-order valence-electron chi connectivity index (χ3n) is 2.52. The first kappa shape index (κ1) is 14.0. The maximum absolute atomic E-state index is 11.1. The highest BCUT2D eigenvalue weighted by Gasteiger charge is 2.13. The molecule has 0 aliphatic carbocycles. The molecule has 0 spiro atoms. The van der Waals surface area contributed by atoms with Crippen LogP contribution >= 0.6 is 11.3 Å². The normalized spacial score (nSPS) is 11.7. The van der Waals surface area contributed by atoms with Crippen molar-refractivity contribution in [1.82, 2.24) is 14.8 Å². The number of nitrogens with two attached hydrogens (primary N) is 1. The Kier molecular flexibility index (Phi) is 3.88. The summed E-state index contributed by atoms with van der Waals surface area (Å²) in [5.74, 6) is 0. The monoisotopic (exact) mass is 301 g/mol. The quantitative estimate of drug-likeness (QED) is 0.846. The minimum Gasteiger partial charge on any atom is -0.357 e. The van der Waals surface area contributed by atoms with Crippen molar-refractivity contribution in [1.29, 1.82) is 0 Å². The van der Waals surface area contributed by atoms with E-state index in [2.05, 4.69) is 15.4 Å². The molecule has 0 saturated carbocycles. The molecule has 104 valence electrons. The Morgan fingerprint density at radius 2 is 2.26 bits per heavy atom. The summed E-state index contributed by atoms with van der Waals surface area (Å²) in [5, 5.41) is 13.0.